The monoisotopic (exact) mass is 599 g/mol. The molecule has 3 aliphatic carbocycles. The van der Waals surface area contributed by atoms with Crippen LogP contribution in [-0.2, 0) is 39.7 Å². The second kappa shape index (κ2) is 9.51. The van der Waals surface area contributed by atoms with Crippen molar-refractivity contribution in [1.82, 2.24) is 5.32 Å². The Kier molecular flexibility index (Phi) is 6.59. The van der Waals surface area contributed by atoms with Crippen molar-refractivity contribution in [2.75, 3.05) is 13.2 Å². The fraction of sp³-hybridized carbons (Fsp3) is 0.581. The van der Waals surface area contributed by atoms with E-state index in [0.29, 0.717) is 17.5 Å². The number of esters is 2. The standard InChI is InChI=1S/C31H37NO9S/c1-6-38-26(36)32-23(18-11-12-42-14-18)24(34)25(35)40-22-13-21-27(3,4)28(22,5)30-15-29(37,16-39-17(2)33)19-9-7-8-10-20(19)31(21,30)41-30/h7-12,14,21-24,34,37H,6,13,15-16H2,1-5H3,(H,32,36)/t21?,22?,23-,24+,28?,29-,30-,31+/m0/s1. The van der Waals surface area contributed by atoms with Crippen LogP contribution in [-0.4, -0.2) is 59.3 Å². The molecule has 10 nitrogen and oxygen atoms in total. The van der Waals surface area contributed by atoms with Gasteiger partial charge in [0.15, 0.2) is 6.10 Å². The summed E-state index contributed by atoms with van der Waals surface area (Å²) >= 11 is 1.37. The first-order valence-electron chi connectivity index (χ1n) is 14.3. The van der Waals surface area contributed by atoms with Crippen LogP contribution in [0.3, 0.4) is 0 Å². The number of aliphatic hydroxyl groups excluding tert-OH is 1. The molecule has 1 amide bonds. The zero-order valence-corrected chi connectivity index (χ0v) is 25.2. The van der Waals surface area contributed by atoms with Gasteiger partial charge in [-0.15, -0.1) is 0 Å². The average Bonchev–Trinajstić information content (AvgIpc) is 3.19. The molecule has 6 rings (SSSR count). The summed E-state index contributed by atoms with van der Waals surface area (Å²) in [6, 6.07) is 8.24. The van der Waals surface area contributed by atoms with E-state index >= 15 is 0 Å². The van der Waals surface area contributed by atoms with Crippen molar-refractivity contribution in [3.63, 3.8) is 0 Å². The first-order valence-corrected chi connectivity index (χ1v) is 15.2. The van der Waals surface area contributed by atoms with Crippen molar-refractivity contribution in [2.45, 2.75) is 82.5 Å². The first-order chi connectivity index (χ1) is 19.8. The number of epoxide rings is 1. The molecule has 3 fully saturated rings. The number of carbonyl (C=O) groups is 3. The molecule has 2 heterocycles. The van der Waals surface area contributed by atoms with Gasteiger partial charge in [-0.25, -0.2) is 9.59 Å². The number of nitrogens with one attached hydrogen (secondary N) is 1. The maximum Gasteiger partial charge on any atom is 0.407 e. The van der Waals surface area contributed by atoms with Crippen LogP contribution in [0.2, 0.25) is 0 Å². The minimum absolute atomic E-state index is 0.0605. The molecule has 1 aliphatic heterocycles. The molecule has 1 saturated heterocycles. The third-order valence-corrected chi connectivity index (χ3v) is 11.4. The molecular weight excluding hydrogens is 562 g/mol. The summed E-state index contributed by atoms with van der Waals surface area (Å²) in [7, 11) is 0. The van der Waals surface area contributed by atoms with Crippen LogP contribution in [0.4, 0.5) is 4.79 Å². The summed E-state index contributed by atoms with van der Waals surface area (Å²) in [6.07, 6.45) is -2.44. The van der Waals surface area contributed by atoms with Crippen LogP contribution < -0.4 is 5.32 Å². The Morgan fingerprint density at radius 1 is 1.14 bits per heavy atom. The van der Waals surface area contributed by atoms with Gasteiger partial charge in [-0.1, -0.05) is 45.0 Å². The van der Waals surface area contributed by atoms with Crippen LogP contribution in [0.1, 0.15) is 70.2 Å². The van der Waals surface area contributed by atoms with Crippen molar-refractivity contribution >= 4 is 29.4 Å². The maximum absolute atomic E-state index is 13.6. The minimum Gasteiger partial charge on any atom is -0.462 e. The summed E-state index contributed by atoms with van der Waals surface area (Å²) in [6.45, 7) is 9.17. The van der Waals surface area contributed by atoms with E-state index in [1.165, 1.54) is 18.3 Å². The highest BCUT2D eigenvalue weighted by Gasteiger charge is 2.96. The lowest BCUT2D eigenvalue weighted by atomic mass is 9.57. The fourth-order valence-electron chi connectivity index (χ4n) is 8.56. The molecule has 1 aromatic heterocycles. The number of alkyl carbamates (subject to hydrolysis) is 1. The van der Waals surface area contributed by atoms with Crippen LogP contribution in [0.5, 0.6) is 0 Å². The molecule has 8 atom stereocenters. The number of amides is 1. The SMILES string of the molecule is CCOC(=O)N[C@@H](c1ccsc1)[C@@H](O)C(=O)OC1CC2C(C)(C)C1(C)[C@@]13C[C@](O)(COC(C)=O)c4ccccc4[C@@]21O3. The van der Waals surface area contributed by atoms with Gasteiger partial charge in [0.2, 0.25) is 0 Å². The summed E-state index contributed by atoms with van der Waals surface area (Å²) in [5.41, 5.74) is -2.15. The first kappa shape index (κ1) is 29.1. The largest absolute Gasteiger partial charge is 0.462 e. The summed E-state index contributed by atoms with van der Waals surface area (Å²) in [5, 5.41) is 29.3. The Morgan fingerprint density at radius 2 is 1.86 bits per heavy atom. The Bertz CT molecular complexity index is 1430. The Labute approximate surface area is 248 Å². The van der Waals surface area contributed by atoms with Gasteiger partial charge < -0.3 is 34.5 Å². The Balaban J connectivity index is 1.32. The molecule has 2 saturated carbocycles. The van der Waals surface area contributed by atoms with E-state index in [0.717, 1.165) is 5.56 Å². The number of carbonyl (C=O) groups excluding carboxylic acids is 3. The van der Waals surface area contributed by atoms with E-state index in [4.69, 9.17) is 18.9 Å². The highest BCUT2D eigenvalue weighted by molar-refractivity contribution is 7.08. The third-order valence-electron chi connectivity index (χ3n) is 10.7. The van der Waals surface area contributed by atoms with Gasteiger partial charge in [0, 0.05) is 24.7 Å². The van der Waals surface area contributed by atoms with Crippen molar-refractivity contribution in [2.24, 2.45) is 16.7 Å². The molecule has 226 valence electrons. The summed E-state index contributed by atoms with van der Waals surface area (Å²) < 4.78 is 23.2. The third kappa shape index (κ3) is 3.63. The second-order valence-electron chi connectivity index (χ2n) is 12.7. The molecule has 0 spiro atoms. The van der Waals surface area contributed by atoms with Crippen LogP contribution in [0.15, 0.2) is 41.1 Å². The van der Waals surface area contributed by atoms with Gasteiger partial charge in [0.05, 0.1) is 12.6 Å². The van der Waals surface area contributed by atoms with E-state index in [1.54, 1.807) is 23.8 Å². The molecule has 2 aromatic rings. The Hall–Kier alpha value is -2.99. The molecular formula is C31H37NO9S. The predicted molar refractivity (Wildman–Crippen MR) is 150 cm³/mol. The predicted octanol–water partition coefficient (Wildman–Crippen LogP) is 3.69. The van der Waals surface area contributed by atoms with Gasteiger partial charge in [0.25, 0.3) is 0 Å². The number of benzene rings is 1. The lowest BCUT2D eigenvalue weighted by molar-refractivity contribution is -0.177. The number of aliphatic hydroxyl groups is 2. The number of hydrogen-bond acceptors (Lipinski definition) is 10. The van der Waals surface area contributed by atoms with E-state index in [1.807, 2.05) is 31.2 Å². The summed E-state index contributed by atoms with van der Waals surface area (Å²) in [4.78, 5) is 37.6. The van der Waals surface area contributed by atoms with E-state index < -0.39 is 63.9 Å². The minimum atomic E-state index is -1.69. The average molecular weight is 600 g/mol. The van der Waals surface area contributed by atoms with Crippen molar-refractivity contribution in [3.05, 3.63) is 57.8 Å². The highest BCUT2D eigenvalue weighted by atomic mass is 32.1. The topological polar surface area (TPSA) is 144 Å². The molecule has 2 bridgehead atoms. The van der Waals surface area contributed by atoms with Gasteiger partial charge in [-0.2, -0.15) is 11.3 Å². The van der Waals surface area contributed by atoms with Crippen LogP contribution >= 0.6 is 11.3 Å². The fourth-order valence-corrected chi connectivity index (χ4v) is 9.26. The second-order valence-corrected chi connectivity index (χ2v) is 13.5. The number of fused-ring (bicyclic) bond motifs is 3. The zero-order valence-electron chi connectivity index (χ0n) is 24.3. The van der Waals surface area contributed by atoms with Gasteiger partial charge >= 0.3 is 18.0 Å². The number of thiophene rings is 1. The molecule has 0 radical (unpaired) electrons. The molecule has 1 aromatic carbocycles. The van der Waals surface area contributed by atoms with Crippen LogP contribution in [0, 0.1) is 16.7 Å². The molecule has 11 heteroatoms. The quantitative estimate of drug-likeness (QED) is 0.235. The number of rotatable bonds is 8. The lowest BCUT2D eigenvalue weighted by Crippen LogP contribution is -2.57. The number of ether oxygens (including phenoxy) is 4. The zero-order chi connectivity index (χ0) is 30.3. The smallest absolute Gasteiger partial charge is 0.407 e. The van der Waals surface area contributed by atoms with Gasteiger partial charge in [-0.3, -0.25) is 4.79 Å². The van der Waals surface area contributed by atoms with E-state index in [9.17, 15) is 24.6 Å². The van der Waals surface area contributed by atoms with E-state index in [-0.39, 0.29) is 25.6 Å². The van der Waals surface area contributed by atoms with Gasteiger partial charge in [0.1, 0.15) is 29.5 Å². The molecule has 42 heavy (non-hydrogen) atoms. The van der Waals surface area contributed by atoms with Gasteiger partial charge in [-0.05, 0) is 52.3 Å². The van der Waals surface area contributed by atoms with E-state index in [2.05, 4.69) is 19.2 Å². The highest BCUT2D eigenvalue weighted by Crippen LogP contribution is 2.89. The Morgan fingerprint density at radius 3 is 2.50 bits per heavy atom. The van der Waals surface area contributed by atoms with Crippen molar-refractivity contribution < 1.29 is 43.5 Å². The van der Waals surface area contributed by atoms with Crippen LogP contribution in [0.25, 0.3) is 0 Å². The number of hydrogen-bond donors (Lipinski definition) is 3. The maximum atomic E-state index is 13.6. The molecule has 3 unspecified atom stereocenters. The van der Waals surface area contributed by atoms with Crippen molar-refractivity contribution in [3.8, 4) is 0 Å². The summed E-state index contributed by atoms with van der Waals surface area (Å²) in [5.74, 6) is -1.43. The van der Waals surface area contributed by atoms with Crippen molar-refractivity contribution in [1.29, 1.82) is 0 Å². The normalized spacial score (nSPS) is 36.1. The molecule has 4 aliphatic rings. The molecule has 3 N–H and O–H groups in total. The lowest BCUT2D eigenvalue weighted by Gasteiger charge is -2.48.